The van der Waals surface area contributed by atoms with Gasteiger partial charge in [-0.2, -0.15) is 0 Å². The van der Waals surface area contributed by atoms with Crippen molar-refractivity contribution in [1.82, 2.24) is 9.88 Å². The number of carbonyl (C=O) groups excluding carboxylic acids is 2. The van der Waals surface area contributed by atoms with Crippen molar-refractivity contribution in [2.45, 2.75) is 79.1 Å². The summed E-state index contributed by atoms with van der Waals surface area (Å²) in [6, 6.07) is 3.67. The lowest BCUT2D eigenvalue weighted by Gasteiger charge is -2.23. The van der Waals surface area contributed by atoms with E-state index in [0.717, 1.165) is 40.5 Å². The van der Waals surface area contributed by atoms with Gasteiger partial charge in [0, 0.05) is 68.1 Å². The summed E-state index contributed by atoms with van der Waals surface area (Å²) in [6.07, 6.45) is 11.0. The Balaban J connectivity index is 2.26. The predicted octanol–water partition coefficient (Wildman–Crippen LogP) is 9.33. The Kier molecular flexibility index (Phi) is 24.3. The van der Waals surface area contributed by atoms with Crippen molar-refractivity contribution in [2.24, 2.45) is 11.8 Å². The number of anilines is 2. The lowest BCUT2D eigenvalue weighted by atomic mass is 10.0. The van der Waals surface area contributed by atoms with Gasteiger partial charge in [0.15, 0.2) is 0 Å². The van der Waals surface area contributed by atoms with Gasteiger partial charge < -0.3 is 19.3 Å². The van der Waals surface area contributed by atoms with Crippen LogP contribution in [0.5, 0.6) is 0 Å². The monoisotopic (exact) mass is 676 g/mol. The van der Waals surface area contributed by atoms with Crippen LogP contribution in [0.25, 0.3) is 0 Å². The number of unbranched alkanes of at least 4 members (excludes halogenated alkanes) is 2. The Morgan fingerprint density at radius 3 is 2.00 bits per heavy atom. The molecular weight excluding hydrogens is 621 g/mol. The van der Waals surface area contributed by atoms with Crippen LogP contribution in [-0.2, 0) is 9.47 Å². The maximum absolute atomic E-state index is 12.4. The van der Waals surface area contributed by atoms with E-state index in [4.69, 9.17) is 9.47 Å². The van der Waals surface area contributed by atoms with Gasteiger partial charge in [-0.1, -0.05) is 109 Å². The van der Waals surface area contributed by atoms with Crippen LogP contribution >= 0.6 is 43.2 Å². The molecule has 0 aromatic carbocycles. The third kappa shape index (κ3) is 19.8. The quantitative estimate of drug-likeness (QED) is 0.0799. The molecule has 0 aliphatic heterocycles. The van der Waals surface area contributed by atoms with Crippen molar-refractivity contribution in [1.29, 1.82) is 0 Å². The molecule has 2 amide bonds. The molecular formula is C31H56N4O4S4. The standard InChI is InChI=1S/C31H56N4O4S4/c1-7-11-13-26(9-3)24-42-40-21-19-38-30(36)33-29-23-28(15-16-32-29)34(5)17-18-35(6)31(37)39-20-22-41-43-25-27(10-4)14-12-8-2/h15-16,23,26-27H,7-14,17-22,24-25H2,1-6H3,(H,32,33,36)/t26-,27-/m1/s1. The molecule has 0 fully saturated rings. The second kappa shape index (κ2) is 26.1. The number of rotatable bonds is 25. The van der Waals surface area contributed by atoms with Gasteiger partial charge in [0.1, 0.15) is 19.0 Å². The van der Waals surface area contributed by atoms with Crippen LogP contribution in [-0.4, -0.2) is 85.5 Å². The number of ether oxygens (including phenoxy) is 2. The lowest BCUT2D eigenvalue weighted by Crippen LogP contribution is -2.35. The molecule has 0 spiro atoms. The highest BCUT2D eigenvalue weighted by atomic mass is 33.1. The Labute approximate surface area is 277 Å². The van der Waals surface area contributed by atoms with Gasteiger partial charge >= 0.3 is 12.2 Å². The molecule has 0 radical (unpaired) electrons. The highest BCUT2D eigenvalue weighted by Crippen LogP contribution is 2.28. The minimum atomic E-state index is -0.506. The number of hydrogen-bond donors (Lipinski definition) is 1. The van der Waals surface area contributed by atoms with Gasteiger partial charge in [-0.15, -0.1) is 0 Å². The van der Waals surface area contributed by atoms with E-state index in [0.29, 0.717) is 32.1 Å². The first kappa shape index (κ1) is 39.9. The maximum Gasteiger partial charge on any atom is 0.412 e. The summed E-state index contributed by atoms with van der Waals surface area (Å²) in [4.78, 5) is 32.5. The van der Waals surface area contributed by atoms with Crippen molar-refractivity contribution < 1.29 is 19.1 Å². The van der Waals surface area contributed by atoms with Gasteiger partial charge in [-0.05, 0) is 30.7 Å². The molecule has 0 saturated heterocycles. The average molecular weight is 677 g/mol. The number of amides is 2. The van der Waals surface area contributed by atoms with Gasteiger partial charge in [-0.25, -0.2) is 14.6 Å². The van der Waals surface area contributed by atoms with Gasteiger partial charge in [0.25, 0.3) is 0 Å². The first-order valence-electron chi connectivity index (χ1n) is 15.8. The summed E-state index contributed by atoms with van der Waals surface area (Å²) in [5.74, 6) is 5.82. The van der Waals surface area contributed by atoms with Crippen molar-refractivity contribution in [3.8, 4) is 0 Å². The summed E-state index contributed by atoms with van der Waals surface area (Å²) in [5.41, 5.74) is 0.880. The largest absolute Gasteiger partial charge is 0.449 e. The zero-order chi connectivity index (χ0) is 31.7. The van der Waals surface area contributed by atoms with Crippen LogP contribution in [0.15, 0.2) is 18.3 Å². The van der Waals surface area contributed by atoms with Gasteiger partial charge in [0.2, 0.25) is 0 Å². The molecule has 8 nitrogen and oxygen atoms in total. The second-order valence-electron chi connectivity index (χ2n) is 10.7. The van der Waals surface area contributed by atoms with E-state index in [1.807, 2.05) is 39.6 Å². The van der Waals surface area contributed by atoms with Gasteiger partial charge in [0.05, 0.1) is 0 Å². The predicted molar refractivity (Wildman–Crippen MR) is 193 cm³/mol. The molecule has 0 unspecified atom stereocenters. The summed E-state index contributed by atoms with van der Waals surface area (Å²) in [7, 11) is 11.0. The highest BCUT2D eigenvalue weighted by molar-refractivity contribution is 8.77. The minimum Gasteiger partial charge on any atom is -0.449 e. The third-order valence-corrected chi connectivity index (χ3v) is 12.2. The number of carbonyl (C=O) groups is 2. The van der Waals surface area contributed by atoms with Crippen molar-refractivity contribution in [3.05, 3.63) is 18.3 Å². The fourth-order valence-electron chi connectivity index (χ4n) is 4.03. The molecule has 1 rings (SSSR count). The van der Waals surface area contributed by atoms with Crippen LogP contribution < -0.4 is 10.2 Å². The van der Waals surface area contributed by atoms with Crippen molar-refractivity contribution in [3.63, 3.8) is 0 Å². The third-order valence-electron chi connectivity index (χ3n) is 7.15. The Morgan fingerprint density at radius 2 is 1.44 bits per heavy atom. The number of aromatic nitrogens is 1. The van der Waals surface area contributed by atoms with Crippen molar-refractivity contribution >= 4 is 66.9 Å². The van der Waals surface area contributed by atoms with E-state index >= 15 is 0 Å². The summed E-state index contributed by atoms with van der Waals surface area (Å²) in [5, 5.41) is 2.71. The fraction of sp³-hybridized carbons (Fsp3) is 0.774. The number of likely N-dealkylation sites (N-methyl/N-ethyl adjacent to an activating group) is 2. The van der Waals surface area contributed by atoms with E-state index < -0.39 is 6.09 Å². The molecule has 248 valence electrons. The number of nitrogens with zero attached hydrogens (tertiary/aromatic N) is 3. The molecule has 1 N–H and O–H groups in total. The Morgan fingerprint density at radius 1 is 0.860 bits per heavy atom. The normalized spacial score (nSPS) is 12.4. The maximum atomic E-state index is 12.4. The zero-order valence-electron chi connectivity index (χ0n) is 27.3. The number of nitrogens with one attached hydrogen (secondary N) is 1. The Bertz CT molecular complexity index is 871. The minimum absolute atomic E-state index is 0.313. The second-order valence-corrected chi connectivity index (χ2v) is 15.9. The van der Waals surface area contributed by atoms with Gasteiger partial charge in [-0.3, -0.25) is 5.32 Å². The van der Waals surface area contributed by atoms with E-state index in [9.17, 15) is 9.59 Å². The van der Waals surface area contributed by atoms with E-state index in [-0.39, 0.29) is 6.09 Å². The molecule has 12 heteroatoms. The summed E-state index contributed by atoms with van der Waals surface area (Å²) >= 11 is 0. The molecule has 0 aliphatic carbocycles. The number of pyridine rings is 1. The van der Waals surface area contributed by atoms with Crippen LogP contribution in [0, 0.1) is 11.8 Å². The molecule has 2 atom stereocenters. The molecule has 43 heavy (non-hydrogen) atoms. The van der Waals surface area contributed by atoms with E-state index in [1.165, 1.54) is 51.4 Å². The Hall–Kier alpha value is -1.11. The average Bonchev–Trinajstić information content (AvgIpc) is 3.01. The zero-order valence-corrected chi connectivity index (χ0v) is 30.6. The van der Waals surface area contributed by atoms with Crippen LogP contribution in [0.1, 0.15) is 79.1 Å². The van der Waals surface area contributed by atoms with Crippen LogP contribution in [0.4, 0.5) is 21.1 Å². The highest BCUT2D eigenvalue weighted by Gasteiger charge is 2.13. The van der Waals surface area contributed by atoms with Crippen LogP contribution in [0.3, 0.4) is 0 Å². The first-order valence-corrected chi connectivity index (χ1v) is 20.8. The summed E-state index contributed by atoms with van der Waals surface area (Å²) < 4.78 is 10.8. The lowest BCUT2D eigenvalue weighted by molar-refractivity contribution is 0.118. The van der Waals surface area contributed by atoms with E-state index in [1.54, 1.807) is 45.8 Å². The molecule has 0 saturated carbocycles. The van der Waals surface area contributed by atoms with Crippen LogP contribution in [0.2, 0.25) is 0 Å². The molecule has 0 bridgehead atoms. The molecule has 1 aromatic rings. The first-order chi connectivity index (χ1) is 20.8. The molecule has 0 aliphatic rings. The smallest absolute Gasteiger partial charge is 0.412 e. The number of hydrogen-bond acceptors (Lipinski definition) is 10. The molecule has 1 aromatic heterocycles. The molecule has 1 heterocycles. The van der Waals surface area contributed by atoms with E-state index in [2.05, 4.69) is 38.0 Å². The SMILES string of the molecule is CCCC[C@@H](CC)CSSCCOC(=O)Nc1cc(N(C)CCN(C)C(=O)OCCSSC[C@H](CC)CCCC)ccn1. The van der Waals surface area contributed by atoms with Crippen molar-refractivity contribution in [2.75, 3.05) is 73.6 Å². The fourth-order valence-corrected chi connectivity index (χ4v) is 8.80. The summed E-state index contributed by atoms with van der Waals surface area (Å²) in [6.45, 7) is 10.9. The topological polar surface area (TPSA) is 84.0 Å².